The van der Waals surface area contributed by atoms with Crippen LogP contribution >= 0.6 is 35.0 Å². The van der Waals surface area contributed by atoms with Gasteiger partial charge in [-0.1, -0.05) is 35.3 Å². The molecule has 1 heterocycles. The minimum atomic E-state index is -0.441. The lowest BCUT2D eigenvalue weighted by Gasteiger charge is -2.12. The maximum absolute atomic E-state index is 12.3. The number of benzene rings is 2. The Bertz CT molecular complexity index is 961. The summed E-state index contributed by atoms with van der Waals surface area (Å²) in [6.45, 7) is 0. The van der Waals surface area contributed by atoms with Crippen LogP contribution in [0, 0.1) is 0 Å². The Morgan fingerprint density at radius 2 is 1.78 bits per heavy atom. The molecule has 1 aromatic heterocycles. The van der Waals surface area contributed by atoms with Crippen LogP contribution in [0.5, 0.6) is 0 Å². The third-order valence-electron chi connectivity index (χ3n) is 3.44. The van der Waals surface area contributed by atoms with Gasteiger partial charge in [-0.05, 0) is 42.5 Å². The predicted octanol–water partition coefficient (Wildman–Crippen LogP) is 5.57. The minimum absolute atomic E-state index is 0.154. The molecule has 0 atom stereocenters. The predicted molar refractivity (Wildman–Crippen MR) is 109 cm³/mol. The molecule has 3 rings (SSSR count). The van der Waals surface area contributed by atoms with Crippen molar-refractivity contribution in [3.63, 3.8) is 0 Å². The summed E-state index contributed by atoms with van der Waals surface area (Å²) in [6.07, 6.45) is 1.40. The summed E-state index contributed by atoms with van der Waals surface area (Å²) in [5, 5.41) is 6.47. The first kappa shape index (κ1) is 19.4. The molecule has 2 N–H and O–H groups in total. The number of hydrogen-bond acceptors (Lipinski definition) is 4. The van der Waals surface area contributed by atoms with Crippen LogP contribution in [0.15, 0.2) is 70.2 Å². The van der Waals surface area contributed by atoms with Crippen molar-refractivity contribution in [3.8, 4) is 0 Å². The van der Waals surface area contributed by atoms with Crippen molar-refractivity contribution in [2.45, 2.75) is 4.90 Å². The SMILES string of the molecule is O=C(CSc1ccccc1Cl)Nc1ccc(Cl)cc1NC(=O)c1ccco1. The normalized spacial score (nSPS) is 10.4. The summed E-state index contributed by atoms with van der Waals surface area (Å²) < 4.78 is 5.07. The number of nitrogens with one attached hydrogen (secondary N) is 2. The highest BCUT2D eigenvalue weighted by Gasteiger charge is 2.14. The number of carbonyl (C=O) groups excluding carboxylic acids is 2. The Kier molecular flexibility index (Phi) is 6.45. The number of furan rings is 1. The standard InChI is InChI=1S/C19H14Cl2N2O3S/c20-12-7-8-14(15(10-12)23-19(25)16-5-3-9-26-16)22-18(24)11-27-17-6-2-1-4-13(17)21/h1-10H,11H2,(H,22,24)(H,23,25). The quantitative estimate of drug-likeness (QED) is 0.511. The molecule has 5 nitrogen and oxygen atoms in total. The van der Waals surface area contributed by atoms with Crippen molar-refractivity contribution < 1.29 is 14.0 Å². The van der Waals surface area contributed by atoms with Crippen molar-refractivity contribution in [3.05, 3.63) is 76.7 Å². The first-order valence-electron chi connectivity index (χ1n) is 7.84. The molecule has 2 aromatic carbocycles. The van der Waals surface area contributed by atoms with Crippen LogP contribution in [0.2, 0.25) is 10.0 Å². The fraction of sp³-hybridized carbons (Fsp3) is 0.0526. The Balaban J connectivity index is 1.68. The van der Waals surface area contributed by atoms with Crippen LogP contribution in [0.1, 0.15) is 10.6 Å². The van der Waals surface area contributed by atoms with Gasteiger partial charge < -0.3 is 15.1 Å². The molecule has 138 valence electrons. The van der Waals surface area contributed by atoms with Gasteiger partial charge >= 0.3 is 0 Å². The van der Waals surface area contributed by atoms with Crippen LogP contribution < -0.4 is 10.6 Å². The Morgan fingerprint density at radius 3 is 2.52 bits per heavy atom. The van der Waals surface area contributed by atoms with E-state index in [0.717, 1.165) is 4.90 Å². The van der Waals surface area contributed by atoms with Gasteiger partial charge in [0.15, 0.2) is 5.76 Å². The largest absolute Gasteiger partial charge is 0.459 e. The van der Waals surface area contributed by atoms with Crippen molar-refractivity contribution in [1.82, 2.24) is 0 Å². The summed E-state index contributed by atoms with van der Waals surface area (Å²) in [4.78, 5) is 25.3. The zero-order valence-electron chi connectivity index (χ0n) is 13.9. The molecule has 0 aliphatic heterocycles. The maximum atomic E-state index is 12.3. The highest BCUT2D eigenvalue weighted by Crippen LogP contribution is 2.29. The van der Waals surface area contributed by atoms with Crippen molar-refractivity contribution in [2.75, 3.05) is 16.4 Å². The first-order valence-corrected chi connectivity index (χ1v) is 9.58. The molecule has 2 amide bonds. The van der Waals surface area contributed by atoms with Gasteiger partial charge in [0, 0.05) is 9.92 Å². The Labute approximate surface area is 170 Å². The fourth-order valence-corrected chi connectivity index (χ4v) is 3.42. The number of halogens is 2. The zero-order valence-corrected chi connectivity index (χ0v) is 16.2. The molecule has 0 aliphatic carbocycles. The third kappa shape index (κ3) is 5.29. The van der Waals surface area contributed by atoms with E-state index >= 15 is 0 Å². The van der Waals surface area contributed by atoms with E-state index in [1.165, 1.54) is 18.0 Å². The van der Waals surface area contributed by atoms with Gasteiger partial charge in [-0.25, -0.2) is 0 Å². The summed E-state index contributed by atoms with van der Waals surface area (Å²) in [5.41, 5.74) is 0.809. The molecular formula is C19H14Cl2N2O3S. The molecule has 0 saturated heterocycles. The monoisotopic (exact) mass is 420 g/mol. The summed E-state index contributed by atoms with van der Waals surface area (Å²) in [7, 11) is 0. The Morgan fingerprint density at radius 1 is 0.963 bits per heavy atom. The lowest BCUT2D eigenvalue weighted by Crippen LogP contribution is -2.17. The van der Waals surface area contributed by atoms with E-state index in [1.807, 2.05) is 18.2 Å². The van der Waals surface area contributed by atoms with E-state index in [4.69, 9.17) is 27.6 Å². The number of thioether (sulfide) groups is 1. The second kappa shape index (κ2) is 8.99. The molecule has 27 heavy (non-hydrogen) atoms. The van der Waals surface area contributed by atoms with Crippen LogP contribution in [-0.4, -0.2) is 17.6 Å². The summed E-state index contributed by atoms with van der Waals surface area (Å²) in [6, 6.07) is 15.3. The fourth-order valence-electron chi connectivity index (χ4n) is 2.21. The Hall–Kier alpha value is -2.41. The highest BCUT2D eigenvalue weighted by molar-refractivity contribution is 8.00. The van der Waals surface area contributed by atoms with Crippen molar-refractivity contribution in [2.24, 2.45) is 0 Å². The lowest BCUT2D eigenvalue weighted by atomic mass is 10.2. The van der Waals surface area contributed by atoms with Gasteiger partial charge in [0.2, 0.25) is 5.91 Å². The van der Waals surface area contributed by atoms with Crippen LogP contribution in [0.25, 0.3) is 0 Å². The van der Waals surface area contributed by atoms with Gasteiger partial charge in [-0.2, -0.15) is 0 Å². The second-order valence-corrected chi connectivity index (χ2v) is 7.25. The van der Waals surface area contributed by atoms with E-state index in [-0.39, 0.29) is 17.4 Å². The van der Waals surface area contributed by atoms with Crippen molar-refractivity contribution in [1.29, 1.82) is 0 Å². The average Bonchev–Trinajstić information content (AvgIpc) is 3.18. The number of anilines is 2. The highest BCUT2D eigenvalue weighted by atomic mass is 35.5. The number of amides is 2. The van der Waals surface area contributed by atoms with E-state index in [9.17, 15) is 9.59 Å². The van der Waals surface area contributed by atoms with Gasteiger partial charge in [0.05, 0.1) is 28.4 Å². The topological polar surface area (TPSA) is 71.3 Å². The molecule has 0 saturated carbocycles. The molecular weight excluding hydrogens is 407 g/mol. The van der Waals surface area contributed by atoms with Gasteiger partial charge in [0.25, 0.3) is 5.91 Å². The number of hydrogen-bond donors (Lipinski definition) is 2. The van der Waals surface area contributed by atoms with E-state index in [0.29, 0.717) is 21.4 Å². The molecule has 0 bridgehead atoms. The van der Waals surface area contributed by atoms with Gasteiger partial charge in [-0.15, -0.1) is 11.8 Å². The smallest absolute Gasteiger partial charge is 0.291 e. The number of carbonyl (C=O) groups is 2. The maximum Gasteiger partial charge on any atom is 0.291 e. The second-order valence-electron chi connectivity index (χ2n) is 5.39. The molecule has 0 radical (unpaired) electrons. The van der Waals surface area contributed by atoms with Gasteiger partial charge in [0.1, 0.15) is 0 Å². The van der Waals surface area contributed by atoms with Crippen molar-refractivity contribution >= 4 is 58.2 Å². The summed E-state index contributed by atoms with van der Waals surface area (Å²) >= 11 is 13.4. The molecule has 0 spiro atoms. The van der Waals surface area contributed by atoms with E-state index in [2.05, 4.69) is 10.6 Å². The van der Waals surface area contributed by atoms with E-state index < -0.39 is 5.91 Å². The minimum Gasteiger partial charge on any atom is -0.459 e. The van der Waals surface area contributed by atoms with Gasteiger partial charge in [-0.3, -0.25) is 9.59 Å². The zero-order chi connectivity index (χ0) is 19.2. The molecule has 3 aromatic rings. The molecule has 0 aliphatic rings. The molecule has 8 heteroatoms. The van der Waals surface area contributed by atoms with Crippen LogP contribution in [0.3, 0.4) is 0 Å². The summed E-state index contributed by atoms with van der Waals surface area (Å²) in [5.74, 6) is -0.363. The first-order chi connectivity index (χ1) is 13.0. The molecule has 0 fully saturated rings. The third-order valence-corrected chi connectivity index (χ3v) is 5.19. The average molecular weight is 421 g/mol. The number of rotatable bonds is 6. The van der Waals surface area contributed by atoms with Crippen LogP contribution in [-0.2, 0) is 4.79 Å². The van der Waals surface area contributed by atoms with Crippen LogP contribution in [0.4, 0.5) is 11.4 Å². The van der Waals surface area contributed by atoms with E-state index in [1.54, 1.807) is 36.4 Å². The lowest BCUT2D eigenvalue weighted by molar-refractivity contribution is -0.113. The molecule has 0 unspecified atom stereocenters.